The highest BCUT2D eigenvalue weighted by molar-refractivity contribution is 4.73. The van der Waals surface area contributed by atoms with Gasteiger partial charge in [0.05, 0.1) is 12.7 Å². The van der Waals surface area contributed by atoms with Crippen LogP contribution in [0.15, 0.2) is 0 Å². The first-order chi connectivity index (χ1) is 4.86. The number of hydrogen-bond donors (Lipinski definition) is 0. The van der Waals surface area contributed by atoms with E-state index in [1.54, 1.807) is 14.2 Å². The molecule has 1 fully saturated rings. The van der Waals surface area contributed by atoms with Crippen LogP contribution in [-0.2, 0) is 14.2 Å². The van der Waals surface area contributed by atoms with Crippen LogP contribution in [0.25, 0.3) is 0 Å². The molecule has 1 rings (SSSR count). The molecule has 0 aromatic rings. The molecule has 0 N–H and O–H groups in total. The first-order valence-electron chi connectivity index (χ1n) is 3.54. The van der Waals surface area contributed by atoms with Crippen molar-refractivity contribution in [3.63, 3.8) is 0 Å². The molecule has 0 bridgehead atoms. The standard InChI is InChI=1S/C7H14O3/c1-8-7(9-2)5-10-6-3-4-6/h6-7H,3-5H2,1-2H3. The van der Waals surface area contributed by atoms with E-state index in [1.807, 2.05) is 0 Å². The number of methoxy groups -OCH3 is 2. The van der Waals surface area contributed by atoms with Crippen molar-refractivity contribution in [1.82, 2.24) is 0 Å². The van der Waals surface area contributed by atoms with E-state index in [4.69, 9.17) is 14.2 Å². The molecule has 3 heteroatoms. The fourth-order valence-electron chi connectivity index (χ4n) is 0.682. The molecule has 1 aliphatic carbocycles. The molecule has 0 amide bonds. The molecule has 0 atom stereocenters. The molecule has 10 heavy (non-hydrogen) atoms. The summed E-state index contributed by atoms with van der Waals surface area (Å²) in [6, 6.07) is 0. The van der Waals surface area contributed by atoms with Crippen molar-refractivity contribution in [2.24, 2.45) is 0 Å². The molecule has 0 heterocycles. The minimum absolute atomic E-state index is 0.194. The Morgan fingerprint density at radius 1 is 1.30 bits per heavy atom. The van der Waals surface area contributed by atoms with Crippen LogP contribution in [0.5, 0.6) is 0 Å². The summed E-state index contributed by atoms with van der Waals surface area (Å²) in [6.07, 6.45) is 2.67. The summed E-state index contributed by atoms with van der Waals surface area (Å²) in [5, 5.41) is 0. The van der Waals surface area contributed by atoms with Crippen molar-refractivity contribution < 1.29 is 14.2 Å². The van der Waals surface area contributed by atoms with Gasteiger partial charge in [-0.2, -0.15) is 0 Å². The molecule has 0 saturated heterocycles. The quantitative estimate of drug-likeness (QED) is 0.536. The molecule has 0 radical (unpaired) electrons. The topological polar surface area (TPSA) is 27.7 Å². The van der Waals surface area contributed by atoms with Crippen LogP contribution in [0.3, 0.4) is 0 Å². The molecular weight excluding hydrogens is 132 g/mol. The highest BCUT2D eigenvalue weighted by atomic mass is 16.7. The van der Waals surface area contributed by atoms with Gasteiger partial charge >= 0.3 is 0 Å². The second kappa shape index (κ2) is 3.91. The van der Waals surface area contributed by atoms with Gasteiger partial charge in [-0.05, 0) is 12.8 Å². The average molecular weight is 146 g/mol. The molecule has 3 nitrogen and oxygen atoms in total. The van der Waals surface area contributed by atoms with Crippen molar-refractivity contribution in [2.75, 3.05) is 20.8 Å². The van der Waals surface area contributed by atoms with Crippen LogP contribution in [0, 0.1) is 0 Å². The van der Waals surface area contributed by atoms with Gasteiger partial charge < -0.3 is 14.2 Å². The lowest BCUT2D eigenvalue weighted by atomic mass is 10.6. The molecular formula is C7H14O3. The Bertz CT molecular complexity index is 86.9. The van der Waals surface area contributed by atoms with E-state index in [1.165, 1.54) is 12.8 Å². The van der Waals surface area contributed by atoms with E-state index >= 15 is 0 Å². The minimum atomic E-state index is -0.194. The van der Waals surface area contributed by atoms with Gasteiger partial charge in [0.2, 0.25) is 0 Å². The van der Waals surface area contributed by atoms with Gasteiger partial charge in [-0.3, -0.25) is 0 Å². The van der Waals surface area contributed by atoms with Crippen molar-refractivity contribution in [3.8, 4) is 0 Å². The van der Waals surface area contributed by atoms with Gasteiger partial charge in [0.25, 0.3) is 0 Å². The van der Waals surface area contributed by atoms with Gasteiger partial charge in [-0.1, -0.05) is 0 Å². The predicted molar refractivity (Wildman–Crippen MR) is 36.8 cm³/mol. The van der Waals surface area contributed by atoms with Gasteiger partial charge in [0.15, 0.2) is 6.29 Å². The number of rotatable bonds is 5. The molecule has 0 aromatic heterocycles. The fraction of sp³-hybridized carbons (Fsp3) is 1.00. The molecule has 0 unspecified atom stereocenters. The Balaban J connectivity index is 1.97. The lowest BCUT2D eigenvalue weighted by molar-refractivity contribution is -0.142. The molecule has 0 aromatic carbocycles. The van der Waals surface area contributed by atoms with Crippen molar-refractivity contribution in [2.45, 2.75) is 25.2 Å². The Morgan fingerprint density at radius 2 is 1.90 bits per heavy atom. The zero-order chi connectivity index (χ0) is 7.40. The summed E-state index contributed by atoms with van der Waals surface area (Å²) in [5.74, 6) is 0. The van der Waals surface area contributed by atoms with Crippen LogP contribution < -0.4 is 0 Å². The number of hydrogen-bond acceptors (Lipinski definition) is 3. The smallest absolute Gasteiger partial charge is 0.180 e. The van der Waals surface area contributed by atoms with Crippen molar-refractivity contribution in [3.05, 3.63) is 0 Å². The average Bonchev–Trinajstić information content (AvgIpc) is 2.74. The van der Waals surface area contributed by atoms with E-state index < -0.39 is 0 Å². The SMILES string of the molecule is COC(COC1CC1)OC. The predicted octanol–water partition coefficient (Wildman–Crippen LogP) is 0.784. The third-order valence-electron chi connectivity index (χ3n) is 1.52. The Kier molecular flexibility index (Phi) is 3.12. The van der Waals surface area contributed by atoms with Gasteiger partial charge in [-0.25, -0.2) is 0 Å². The van der Waals surface area contributed by atoms with E-state index in [9.17, 15) is 0 Å². The zero-order valence-electron chi connectivity index (χ0n) is 6.50. The summed E-state index contributed by atoms with van der Waals surface area (Å²) in [7, 11) is 3.23. The molecule has 60 valence electrons. The van der Waals surface area contributed by atoms with Crippen LogP contribution in [0.4, 0.5) is 0 Å². The normalized spacial score (nSPS) is 18.3. The highest BCUT2D eigenvalue weighted by Crippen LogP contribution is 2.23. The Hall–Kier alpha value is -0.120. The van der Waals surface area contributed by atoms with Gasteiger partial charge in [0.1, 0.15) is 0 Å². The second-order valence-electron chi connectivity index (χ2n) is 2.43. The summed E-state index contributed by atoms with van der Waals surface area (Å²) < 4.78 is 15.2. The molecule has 0 aliphatic heterocycles. The maximum absolute atomic E-state index is 5.35. The third-order valence-corrected chi connectivity index (χ3v) is 1.52. The first-order valence-corrected chi connectivity index (χ1v) is 3.54. The lowest BCUT2D eigenvalue weighted by Gasteiger charge is -2.12. The van der Waals surface area contributed by atoms with Gasteiger partial charge in [-0.15, -0.1) is 0 Å². The molecule has 1 aliphatic rings. The van der Waals surface area contributed by atoms with Crippen molar-refractivity contribution >= 4 is 0 Å². The Labute approximate surface area is 61.3 Å². The zero-order valence-corrected chi connectivity index (χ0v) is 6.50. The third kappa shape index (κ3) is 2.64. The number of ether oxygens (including phenoxy) is 3. The van der Waals surface area contributed by atoms with Crippen molar-refractivity contribution in [1.29, 1.82) is 0 Å². The van der Waals surface area contributed by atoms with E-state index in [0.29, 0.717) is 12.7 Å². The van der Waals surface area contributed by atoms with Gasteiger partial charge in [0, 0.05) is 14.2 Å². The van der Waals surface area contributed by atoms with E-state index in [-0.39, 0.29) is 6.29 Å². The van der Waals surface area contributed by atoms with E-state index in [2.05, 4.69) is 0 Å². The Morgan fingerprint density at radius 3 is 2.30 bits per heavy atom. The lowest BCUT2D eigenvalue weighted by Crippen LogP contribution is -2.20. The summed E-state index contributed by atoms with van der Waals surface area (Å²) >= 11 is 0. The van der Waals surface area contributed by atoms with Crippen LogP contribution in [0.1, 0.15) is 12.8 Å². The largest absolute Gasteiger partial charge is 0.373 e. The fourth-order valence-corrected chi connectivity index (χ4v) is 0.682. The molecule has 0 spiro atoms. The molecule has 1 saturated carbocycles. The first kappa shape index (κ1) is 7.98. The highest BCUT2D eigenvalue weighted by Gasteiger charge is 2.23. The van der Waals surface area contributed by atoms with Crippen LogP contribution in [0.2, 0.25) is 0 Å². The summed E-state index contributed by atoms with van der Waals surface area (Å²) in [5.41, 5.74) is 0. The van der Waals surface area contributed by atoms with Crippen LogP contribution >= 0.6 is 0 Å². The summed E-state index contributed by atoms with van der Waals surface area (Å²) in [6.45, 7) is 0.553. The minimum Gasteiger partial charge on any atom is -0.373 e. The maximum Gasteiger partial charge on any atom is 0.180 e. The van der Waals surface area contributed by atoms with E-state index in [0.717, 1.165) is 0 Å². The van der Waals surface area contributed by atoms with Crippen LogP contribution in [-0.4, -0.2) is 33.2 Å². The second-order valence-corrected chi connectivity index (χ2v) is 2.43. The monoisotopic (exact) mass is 146 g/mol. The summed E-state index contributed by atoms with van der Waals surface area (Å²) in [4.78, 5) is 0. The maximum atomic E-state index is 5.35.